The number of aliphatic hydroxyl groups excluding tert-OH is 3. The van der Waals surface area contributed by atoms with E-state index >= 15 is 0 Å². The van der Waals surface area contributed by atoms with Gasteiger partial charge in [0.15, 0.2) is 0 Å². The summed E-state index contributed by atoms with van der Waals surface area (Å²) >= 11 is 0. The molecule has 15 nitrogen and oxygen atoms in total. The van der Waals surface area contributed by atoms with Crippen LogP contribution in [0.5, 0.6) is 0 Å². The highest BCUT2D eigenvalue weighted by molar-refractivity contribution is 5.95. The normalized spacial score (nSPS) is 14.7. The molecule has 3 aromatic heterocycles. The van der Waals surface area contributed by atoms with Gasteiger partial charge in [0.1, 0.15) is 0 Å². The first kappa shape index (κ1) is 60.8. The molecule has 6 heterocycles. The summed E-state index contributed by atoms with van der Waals surface area (Å²) in [5.74, 6) is -0.554. The zero-order chi connectivity index (χ0) is 54.2. The molecule has 0 aliphatic carbocycles. The van der Waals surface area contributed by atoms with Gasteiger partial charge in [-0.05, 0) is 89.0 Å². The maximum Gasteiger partial charge on any atom is 0.251 e. The fourth-order valence-corrected chi connectivity index (χ4v) is 8.67. The molecule has 15 heteroatoms. The maximum absolute atomic E-state index is 11.9. The van der Waals surface area contributed by atoms with E-state index in [1.165, 1.54) is 33.4 Å². The van der Waals surface area contributed by atoms with Gasteiger partial charge in [-0.15, -0.1) is 0 Å². The standard InChI is InChI=1S/3C18H21N3O2.3C2H6/c3*22-17(11-20-18(23)15-5-8-19-9-6-15)13-21-10-7-14-3-1-2-4-16(14)12-21;3*1-2/h3*1-6,8-9,17,22H,7,10-13H2,(H,20,23);3*1-2H3/t2*17-;;;;/m10..../s1. The molecule has 0 bridgehead atoms. The minimum Gasteiger partial charge on any atom is -0.390 e. The summed E-state index contributed by atoms with van der Waals surface area (Å²) in [5, 5.41) is 38.8. The molecule has 75 heavy (non-hydrogen) atoms. The molecule has 402 valence electrons. The number of aromatic nitrogens is 3. The largest absolute Gasteiger partial charge is 0.390 e. The van der Waals surface area contributed by atoms with E-state index in [9.17, 15) is 29.7 Å². The summed E-state index contributed by atoms with van der Waals surface area (Å²) < 4.78 is 0. The quantitative estimate of drug-likeness (QED) is 0.0633. The van der Waals surface area contributed by atoms with Crippen LogP contribution in [0.1, 0.15) is 106 Å². The van der Waals surface area contributed by atoms with Gasteiger partial charge in [-0.1, -0.05) is 114 Å². The average molecular weight is 1020 g/mol. The van der Waals surface area contributed by atoms with E-state index in [-0.39, 0.29) is 37.4 Å². The molecule has 9 rings (SSSR count). The van der Waals surface area contributed by atoms with Crippen molar-refractivity contribution in [1.82, 2.24) is 45.6 Å². The van der Waals surface area contributed by atoms with Gasteiger partial charge in [0.2, 0.25) is 0 Å². The van der Waals surface area contributed by atoms with Gasteiger partial charge in [0.25, 0.3) is 17.7 Å². The zero-order valence-electron chi connectivity index (χ0n) is 44.9. The fourth-order valence-electron chi connectivity index (χ4n) is 8.67. The second-order valence-electron chi connectivity index (χ2n) is 17.6. The molecule has 6 aromatic rings. The van der Waals surface area contributed by atoms with E-state index in [1.807, 2.05) is 59.7 Å². The summed E-state index contributed by atoms with van der Waals surface area (Å²) in [7, 11) is 0. The second kappa shape index (κ2) is 34.7. The topological polar surface area (TPSA) is 196 Å². The van der Waals surface area contributed by atoms with Gasteiger partial charge in [-0.3, -0.25) is 44.0 Å². The van der Waals surface area contributed by atoms with Crippen LogP contribution in [0.4, 0.5) is 0 Å². The van der Waals surface area contributed by atoms with Crippen molar-refractivity contribution in [3.8, 4) is 0 Å². The lowest BCUT2D eigenvalue weighted by atomic mass is 10.00. The van der Waals surface area contributed by atoms with Crippen molar-refractivity contribution in [3.05, 3.63) is 196 Å². The van der Waals surface area contributed by atoms with Crippen LogP contribution in [0.3, 0.4) is 0 Å². The maximum atomic E-state index is 11.9. The Labute approximate surface area is 445 Å². The van der Waals surface area contributed by atoms with Crippen LogP contribution in [0.2, 0.25) is 0 Å². The molecular formula is C60H81N9O6. The third-order valence-electron chi connectivity index (χ3n) is 12.4. The molecule has 3 atom stereocenters. The number of nitrogens with zero attached hydrogens (tertiary/aromatic N) is 6. The van der Waals surface area contributed by atoms with E-state index in [1.54, 1.807) is 73.6 Å². The fraction of sp³-hybridized carbons (Fsp3) is 0.400. The van der Waals surface area contributed by atoms with Crippen molar-refractivity contribution in [2.75, 3.05) is 58.9 Å². The first-order valence-electron chi connectivity index (χ1n) is 26.6. The molecule has 0 spiro atoms. The Morgan fingerprint density at radius 3 is 0.867 bits per heavy atom. The molecule has 6 N–H and O–H groups in total. The number of pyridine rings is 3. The summed E-state index contributed by atoms with van der Waals surface area (Å²) in [5.41, 5.74) is 9.82. The lowest BCUT2D eigenvalue weighted by Gasteiger charge is -2.30. The Morgan fingerprint density at radius 2 is 0.627 bits per heavy atom. The molecule has 3 amide bonds. The molecule has 1 unspecified atom stereocenters. The predicted molar refractivity (Wildman–Crippen MR) is 298 cm³/mol. The van der Waals surface area contributed by atoms with Crippen LogP contribution in [-0.2, 0) is 38.9 Å². The molecule has 0 fully saturated rings. The summed E-state index contributed by atoms with van der Waals surface area (Å²) in [6, 6.07) is 35.2. The van der Waals surface area contributed by atoms with Gasteiger partial charge in [0, 0.05) is 132 Å². The van der Waals surface area contributed by atoms with Gasteiger partial charge >= 0.3 is 0 Å². The monoisotopic (exact) mass is 1020 g/mol. The van der Waals surface area contributed by atoms with Crippen LogP contribution in [-0.4, -0.2) is 140 Å². The van der Waals surface area contributed by atoms with Crippen LogP contribution in [0.25, 0.3) is 0 Å². The number of hydrogen-bond acceptors (Lipinski definition) is 12. The number of carbonyl (C=O) groups is 3. The van der Waals surface area contributed by atoms with Crippen LogP contribution in [0.15, 0.2) is 146 Å². The number of amides is 3. The van der Waals surface area contributed by atoms with E-state index < -0.39 is 18.3 Å². The second-order valence-corrected chi connectivity index (χ2v) is 17.6. The third kappa shape index (κ3) is 21.2. The summed E-state index contributed by atoms with van der Waals surface area (Å²) in [6.07, 6.45) is 10.8. The van der Waals surface area contributed by atoms with E-state index in [0.29, 0.717) is 36.3 Å². The van der Waals surface area contributed by atoms with Crippen molar-refractivity contribution in [3.63, 3.8) is 0 Å². The highest BCUT2D eigenvalue weighted by Gasteiger charge is 2.22. The smallest absolute Gasteiger partial charge is 0.251 e. The lowest BCUT2D eigenvalue weighted by Crippen LogP contribution is -2.42. The molecule has 3 aliphatic heterocycles. The number of carbonyl (C=O) groups excluding carboxylic acids is 3. The van der Waals surface area contributed by atoms with Gasteiger partial charge in [-0.2, -0.15) is 0 Å². The van der Waals surface area contributed by atoms with Crippen molar-refractivity contribution >= 4 is 17.7 Å². The van der Waals surface area contributed by atoms with Gasteiger partial charge in [0.05, 0.1) is 18.3 Å². The Bertz CT molecular complexity index is 2260. The summed E-state index contributed by atoms with van der Waals surface area (Å²) in [6.45, 7) is 19.8. The number of benzene rings is 3. The molecule has 0 saturated heterocycles. The van der Waals surface area contributed by atoms with E-state index in [2.05, 4.69) is 100 Å². The zero-order valence-corrected chi connectivity index (χ0v) is 44.9. The minimum absolute atomic E-state index is 0.185. The Morgan fingerprint density at radius 1 is 0.400 bits per heavy atom. The van der Waals surface area contributed by atoms with Crippen molar-refractivity contribution in [1.29, 1.82) is 0 Å². The van der Waals surface area contributed by atoms with Crippen LogP contribution >= 0.6 is 0 Å². The van der Waals surface area contributed by atoms with Crippen molar-refractivity contribution in [2.24, 2.45) is 0 Å². The summed E-state index contributed by atoms with van der Waals surface area (Å²) in [4.78, 5) is 54.2. The van der Waals surface area contributed by atoms with Crippen molar-refractivity contribution < 1.29 is 29.7 Å². The Kier molecular flexibility index (Phi) is 28.2. The van der Waals surface area contributed by atoms with E-state index in [0.717, 1.165) is 58.5 Å². The van der Waals surface area contributed by atoms with E-state index in [4.69, 9.17) is 0 Å². The number of fused-ring (bicyclic) bond motifs is 3. The highest BCUT2D eigenvalue weighted by Crippen LogP contribution is 2.21. The molecule has 0 saturated carbocycles. The Hall–Kier alpha value is -6.72. The number of nitrogens with one attached hydrogen (secondary N) is 3. The number of aliphatic hydroxyl groups is 3. The predicted octanol–water partition coefficient (Wildman–Crippen LogP) is 6.77. The third-order valence-corrected chi connectivity index (χ3v) is 12.4. The number of hydrogen-bond donors (Lipinski definition) is 6. The van der Waals surface area contributed by atoms with Crippen LogP contribution in [0, 0.1) is 0 Å². The number of β-amino-alcohol motifs (C(OH)–C–C–N with tert-alkyl or cyclic N) is 3. The first-order valence-corrected chi connectivity index (χ1v) is 26.6. The molecule has 0 radical (unpaired) electrons. The highest BCUT2D eigenvalue weighted by atomic mass is 16.3. The first-order chi connectivity index (χ1) is 36.7. The SMILES string of the molecule is CC.CC.CC.O=C(NCC(O)CN1CCc2ccccc2C1)c1ccncc1.O=C(NC[C@@H](O)CN1CCc2ccccc2C1)c1ccncc1.O=C(NC[C@H](O)CN1CCc2ccccc2C1)c1ccncc1. The molecule has 3 aromatic carbocycles. The number of rotatable bonds is 15. The Balaban J connectivity index is 0.000000231. The average Bonchev–Trinajstić information content (AvgIpc) is 3.47. The minimum atomic E-state index is -0.578. The van der Waals surface area contributed by atoms with Gasteiger partial charge in [-0.25, -0.2) is 0 Å². The van der Waals surface area contributed by atoms with Crippen LogP contribution < -0.4 is 16.0 Å². The van der Waals surface area contributed by atoms with Gasteiger partial charge < -0.3 is 31.3 Å². The lowest BCUT2D eigenvalue weighted by molar-refractivity contribution is 0.0839. The van der Waals surface area contributed by atoms with Crippen molar-refractivity contribution in [2.45, 2.75) is 98.8 Å². The molecule has 3 aliphatic rings. The molecular weight excluding hydrogens is 943 g/mol.